The Morgan fingerprint density at radius 2 is 1.53 bits per heavy atom. The molecule has 1 N–H and O–H groups in total. The Balaban J connectivity index is 1.58. The van der Waals surface area contributed by atoms with Gasteiger partial charge in [0.25, 0.3) is 0 Å². The maximum Gasteiger partial charge on any atom is 0.101 e. The molecule has 3 aromatic rings. The maximum atomic E-state index is 9.77. The van der Waals surface area contributed by atoms with Gasteiger partial charge in [-0.1, -0.05) is 60.7 Å². The van der Waals surface area contributed by atoms with Crippen molar-refractivity contribution < 1.29 is 4.74 Å². The van der Waals surface area contributed by atoms with E-state index in [2.05, 4.69) is 81.8 Å². The van der Waals surface area contributed by atoms with Crippen molar-refractivity contribution in [2.24, 2.45) is 0 Å². The van der Waals surface area contributed by atoms with Crippen LogP contribution in [0, 0.1) is 11.3 Å². The fourth-order valence-corrected chi connectivity index (χ4v) is 4.20. The Labute approximate surface area is 190 Å². The molecule has 0 amide bonds. The van der Waals surface area contributed by atoms with Gasteiger partial charge in [-0.15, -0.1) is 0 Å². The van der Waals surface area contributed by atoms with Crippen LogP contribution < -0.4 is 10.2 Å². The highest BCUT2D eigenvalue weighted by Gasteiger charge is 2.20. The quantitative estimate of drug-likeness (QED) is 0.574. The lowest BCUT2D eigenvalue weighted by Gasteiger charge is -2.36. The average molecular weight is 427 g/mol. The number of rotatable bonds is 8. The van der Waals surface area contributed by atoms with Crippen molar-refractivity contribution >= 4 is 11.4 Å². The van der Waals surface area contributed by atoms with Gasteiger partial charge >= 0.3 is 0 Å². The molecule has 0 aromatic heterocycles. The van der Waals surface area contributed by atoms with Crippen molar-refractivity contribution in [3.63, 3.8) is 0 Å². The van der Waals surface area contributed by atoms with Crippen LogP contribution in [0.15, 0.2) is 78.9 Å². The van der Waals surface area contributed by atoms with Crippen molar-refractivity contribution in [3.8, 4) is 6.07 Å². The molecule has 1 aliphatic heterocycles. The van der Waals surface area contributed by atoms with E-state index in [1.807, 2.05) is 18.2 Å². The molecule has 0 saturated carbocycles. The summed E-state index contributed by atoms with van der Waals surface area (Å²) in [5.41, 5.74) is 5.01. The van der Waals surface area contributed by atoms with Crippen molar-refractivity contribution in [1.82, 2.24) is 4.90 Å². The minimum absolute atomic E-state index is 0.0364. The highest BCUT2D eigenvalue weighted by Crippen LogP contribution is 2.31. The summed E-state index contributed by atoms with van der Waals surface area (Å²) in [5.74, 6) is 0. The molecule has 5 heteroatoms. The Hall–Kier alpha value is -3.33. The fraction of sp³-hybridized carbons (Fsp3) is 0.296. The minimum Gasteiger partial charge on any atom is -0.383 e. The van der Waals surface area contributed by atoms with E-state index in [1.54, 1.807) is 7.11 Å². The first-order chi connectivity index (χ1) is 15.8. The largest absolute Gasteiger partial charge is 0.383 e. The molecule has 3 aromatic carbocycles. The molecule has 0 spiro atoms. The standard InChI is InChI=1S/C27H30N4O/c1-32-19-18-30-14-16-31(17-15-30)25-13-12-24(21-28)26(20-25)29-27(22-8-4-2-5-9-22)23-10-6-3-7-11-23/h2-13,20,27,29H,14-19H2,1H3. The summed E-state index contributed by atoms with van der Waals surface area (Å²) in [7, 11) is 1.75. The first-order valence-electron chi connectivity index (χ1n) is 11.2. The topological polar surface area (TPSA) is 51.5 Å². The summed E-state index contributed by atoms with van der Waals surface area (Å²) in [4.78, 5) is 4.83. The minimum atomic E-state index is -0.0364. The van der Waals surface area contributed by atoms with Crippen LogP contribution in [0.25, 0.3) is 0 Å². The van der Waals surface area contributed by atoms with Crippen LogP contribution in [0.1, 0.15) is 22.7 Å². The summed E-state index contributed by atoms with van der Waals surface area (Å²) < 4.78 is 5.21. The highest BCUT2D eigenvalue weighted by molar-refractivity contribution is 5.67. The summed E-state index contributed by atoms with van der Waals surface area (Å²) in [6.07, 6.45) is 0. The third kappa shape index (κ3) is 5.28. The molecule has 164 valence electrons. The predicted molar refractivity (Wildman–Crippen MR) is 130 cm³/mol. The average Bonchev–Trinajstić information content (AvgIpc) is 2.87. The number of hydrogen-bond donors (Lipinski definition) is 1. The Morgan fingerprint density at radius 3 is 2.09 bits per heavy atom. The van der Waals surface area contributed by atoms with Gasteiger partial charge in [0.1, 0.15) is 6.07 Å². The molecule has 32 heavy (non-hydrogen) atoms. The number of nitriles is 1. The van der Waals surface area contributed by atoms with E-state index < -0.39 is 0 Å². The summed E-state index contributed by atoms with van der Waals surface area (Å²) >= 11 is 0. The van der Waals surface area contributed by atoms with Crippen LogP contribution in [0.4, 0.5) is 11.4 Å². The Kier molecular flexibility index (Phi) is 7.39. The molecule has 5 nitrogen and oxygen atoms in total. The highest BCUT2D eigenvalue weighted by atomic mass is 16.5. The van der Waals surface area contributed by atoms with E-state index in [0.717, 1.165) is 50.7 Å². The van der Waals surface area contributed by atoms with E-state index in [-0.39, 0.29) is 6.04 Å². The lowest BCUT2D eigenvalue weighted by molar-refractivity contribution is 0.144. The zero-order chi connectivity index (χ0) is 22.2. The fourth-order valence-electron chi connectivity index (χ4n) is 4.20. The van der Waals surface area contributed by atoms with Gasteiger partial charge in [0, 0.05) is 45.5 Å². The van der Waals surface area contributed by atoms with E-state index in [1.165, 1.54) is 11.1 Å². The van der Waals surface area contributed by atoms with Crippen LogP contribution in [0.2, 0.25) is 0 Å². The van der Waals surface area contributed by atoms with Crippen molar-refractivity contribution in [3.05, 3.63) is 95.6 Å². The van der Waals surface area contributed by atoms with Gasteiger partial charge in [-0.25, -0.2) is 0 Å². The third-order valence-electron chi connectivity index (χ3n) is 6.04. The number of piperazine rings is 1. The van der Waals surface area contributed by atoms with Gasteiger partial charge in [-0.3, -0.25) is 4.90 Å². The van der Waals surface area contributed by atoms with E-state index in [4.69, 9.17) is 4.74 Å². The summed E-state index contributed by atoms with van der Waals surface area (Å²) in [6.45, 7) is 5.71. The predicted octanol–water partition coefficient (Wildman–Crippen LogP) is 4.53. The molecule has 0 aliphatic carbocycles. The first-order valence-corrected chi connectivity index (χ1v) is 11.2. The molecule has 1 saturated heterocycles. The van der Waals surface area contributed by atoms with Crippen molar-refractivity contribution in [2.45, 2.75) is 6.04 Å². The normalized spacial score (nSPS) is 14.3. The second kappa shape index (κ2) is 10.8. The lowest BCUT2D eigenvalue weighted by Crippen LogP contribution is -2.47. The van der Waals surface area contributed by atoms with Crippen LogP contribution in [-0.2, 0) is 4.74 Å². The lowest BCUT2D eigenvalue weighted by atomic mass is 9.98. The maximum absolute atomic E-state index is 9.77. The zero-order valence-corrected chi connectivity index (χ0v) is 18.6. The Morgan fingerprint density at radius 1 is 0.906 bits per heavy atom. The summed E-state index contributed by atoms with van der Waals surface area (Å²) in [6, 6.07) is 29.2. The first kappa shape index (κ1) is 21.9. The SMILES string of the molecule is COCCN1CCN(c2ccc(C#N)c(NC(c3ccccc3)c3ccccc3)c2)CC1. The van der Waals surface area contributed by atoms with Crippen molar-refractivity contribution in [1.29, 1.82) is 5.26 Å². The monoisotopic (exact) mass is 426 g/mol. The number of methoxy groups -OCH3 is 1. The number of benzene rings is 3. The van der Waals surface area contributed by atoms with Crippen LogP contribution in [0.3, 0.4) is 0 Å². The number of hydrogen-bond acceptors (Lipinski definition) is 5. The molecule has 1 aliphatic rings. The molecule has 0 atom stereocenters. The molecular weight excluding hydrogens is 396 g/mol. The number of ether oxygens (including phenoxy) is 1. The molecular formula is C27H30N4O. The van der Waals surface area contributed by atoms with E-state index in [0.29, 0.717) is 5.56 Å². The Bertz CT molecular complexity index is 985. The molecule has 0 bridgehead atoms. The summed E-state index contributed by atoms with van der Waals surface area (Å²) in [5, 5.41) is 13.4. The van der Waals surface area contributed by atoms with E-state index in [9.17, 15) is 5.26 Å². The molecule has 4 rings (SSSR count). The van der Waals surface area contributed by atoms with Gasteiger partial charge in [0.05, 0.1) is 23.9 Å². The van der Waals surface area contributed by atoms with Gasteiger partial charge in [-0.2, -0.15) is 5.26 Å². The smallest absolute Gasteiger partial charge is 0.101 e. The van der Waals surface area contributed by atoms with Gasteiger partial charge in [0.15, 0.2) is 0 Å². The van der Waals surface area contributed by atoms with Crippen LogP contribution in [0.5, 0.6) is 0 Å². The molecule has 0 radical (unpaired) electrons. The van der Waals surface area contributed by atoms with E-state index >= 15 is 0 Å². The van der Waals surface area contributed by atoms with Crippen molar-refractivity contribution in [2.75, 3.05) is 56.7 Å². The molecule has 1 fully saturated rings. The number of nitrogens with one attached hydrogen (secondary N) is 1. The molecule has 0 unspecified atom stereocenters. The van der Waals surface area contributed by atoms with Gasteiger partial charge < -0.3 is 15.0 Å². The van der Waals surface area contributed by atoms with Gasteiger partial charge in [-0.05, 0) is 29.3 Å². The number of nitrogens with zero attached hydrogens (tertiary/aromatic N) is 3. The second-order valence-electron chi connectivity index (χ2n) is 8.06. The van der Waals surface area contributed by atoms with Gasteiger partial charge in [0.2, 0.25) is 0 Å². The molecule has 1 heterocycles. The number of anilines is 2. The second-order valence-corrected chi connectivity index (χ2v) is 8.06. The van der Waals surface area contributed by atoms with Crippen LogP contribution in [-0.4, -0.2) is 51.3 Å². The zero-order valence-electron chi connectivity index (χ0n) is 18.6. The third-order valence-corrected chi connectivity index (χ3v) is 6.04. The van der Waals surface area contributed by atoms with Crippen LogP contribution >= 0.6 is 0 Å².